The third-order valence-corrected chi connectivity index (χ3v) is 2.62. The molecule has 1 aromatic carbocycles. The van der Waals surface area contributed by atoms with Crippen LogP contribution in [0, 0.1) is 0 Å². The van der Waals surface area contributed by atoms with Crippen molar-refractivity contribution < 1.29 is 9.53 Å². The van der Waals surface area contributed by atoms with Gasteiger partial charge in [0, 0.05) is 4.47 Å². The van der Waals surface area contributed by atoms with Crippen LogP contribution >= 0.6 is 15.9 Å². The third kappa shape index (κ3) is 3.61. The minimum atomic E-state index is -0.755. The molecule has 0 fully saturated rings. The lowest BCUT2D eigenvalue weighted by Gasteiger charge is -2.22. The highest BCUT2D eigenvalue weighted by molar-refractivity contribution is 9.10. The lowest BCUT2D eigenvalue weighted by Crippen LogP contribution is -2.31. The summed E-state index contributed by atoms with van der Waals surface area (Å²) in [6.45, 7) is 5.45. The van der Waals surface area contributed by atoms with E-state index in [4.69, 9.17) is 10.5 Å². The highest BCUT2D eigenvalue weighted by Crippen LogP contribution is 2.23. The maximum Gasteiger partial charge on any atom is 0.328 e. The monoisotopic (exact) mass is 285 g/mol. The van der Waals surface area contributed by atoms with Gasteiger partial charge >= 0.3 is 5.97 Å². The number of ether oxygens (including phenoxy) is 1. The second-order valence-corrected chi connectivity index (χ2v) is 5.39. The number of esters is 1. The van der Waals surface area contributed by atoms with E-state index < -0.39 is 17.6 Å². The Balaban J connectivity index is 2.83. The van der Waals surface area contributed by atoms with E-state index >= 15 is 0 Å². The van der Waals surface area contributed by atoms with Gasteiger partial charge in [-0.15, -0.1) is 0 Å². The average molecular weight is 286 g/mol. The summed E-state index contributed by atoms with van der Waals surface area (Å²) in [5.74, 6) is -0.417. The molecule has 0 aliphatic carbocycles. The van der Waals surface area contributed by atoms with Crippen molar-refractivity contribution in [3.63, 3.8) is 0 Å². The van der Waals surface area contributed by atoms with Gasteiger partial charge in [-0.05, 0) is 32.4 Å². The van der Waals surface area contributed by atoms with Crippen molar-refractivity contribution in [2.24, 2.45) is 5.73 Å². The van der Waals surface area contributed by atoms with Gasteiger partial charge in [-0.25, -0.2) is 4.79 Å². The van der Waals surface area contributed by atoms with Gasteiger partial charge in [-0.1, -0.05) is 34.1 Å². The van der Waals surface area contributed by atoms with Crippen molar-refractivity contribution in [1.82, 2.24) is 0 Å². The lowest BCUT2D eigenvalue weighted by molar-refractivity contribution is -0.156. The van der Waals surface area contributed by atoms with Crippen LogP contribution in [-0.4, -0.2) is 11.6 Å². The molecule has 1 unspecified atom stereocenters. The van der Waals surface area contributed by atoms with Gasteiger partial charge in [0.25, 0.3) is 0 Å². The van der Waals surface area contributed by atoms with Crippen LogP contribution in [0.2, 0.25) is 0 Å². The molecule has 2 N–H and O–H groups in total. The number of hydrogen-bond acceptors (Lipinski definition) is 3. The van der Waals surface area contributed by atoms with Crippen LogP contribution in [-0.2, 0) is 9.53 Å². The van der Waals surface area contributed by atoms with E-state index in [-0.39, 0.29) is 0 Å². The minimum absolute atomic E-state index is 0.417. The fraction of sp³-hybridized carbons (Fsp3) is 0.417. The van der Waals surface area contributed by atoms with Crippen LogP contribution in [0.1, 0.15) is 32.4 Å². The van der Waals surface area contributed by atoms with Crippen LogP contribution in [0.5, 0.6) is 0 Å². The summed E-state index contributed by atoms with van der Waals surface area (Å²) in [4.78, 5) is 11.7. The largest absolute Gasteiger partial charge is 0.459 e. The second-order valence-electron chi connectivity index (χ2n) is 4.53. The molecule has 0 spiro atoms. The molecular formula is C12H16BrNO2. The first-order valence-electron chi connectivity index (χ1n) is 5.04. The zero-order valence-corrected chi connectivity index (χ0v) is 11.2. The SMILES string of the molecule is CC(C)(C)OC(=O)C(N)c1ccccc1Br. The number of hydrogen-bond donors (Lipinski definition) is 1. The van der Waals surface area contributed by atoms with Gasteiger partial charge in [-0.3, -0.25) is 0 Å². The highest BCUT2D eigenvalue weighted by atomic mass is 79.9. The normalized spacial score (nSPS) is 13.3. The second kappa shape index (κ2) is 4.97. The number of rotatable bonds is 2. The molecule has 0 amide bonds. The molecule has 88 valence electrons. The van der Waals surface area contributed by atoms with Crippen LogP contribution < -0.4 is 5.73 Å². The smallest absolute Gasteiger partial charge is 0.328 e. The number of halogens is 1. The van der Waals surface area contributed by atoms with Gasteiger partial charge in [-0.2, -0.15) is 0 Å². The van der Waals surface area contributed by atoms with E-state index in [2.05, 4.69) is 15.9 Å². The van der Waals surface area contributed by atoms with Crippen molar-refractivity contribution in [3.8, 4) is 0 Å². The highest BCUT2D eigenvalue weighted by Gasteiger charge is 2.24. The van der Waals surface area contributed by atoms with Crippen molar-refractivity contribution in [1.29, 1.82) is 0 Å². The molecule has 0 saturated heterocycles. The molecular weight excluding hydrogens is 270 g/mol. The maximum atomic E-state index is 11.7. The molecule has 0 heterocycles. The Kier molecular flexibility index (Phi) is 4.10. The van der Waals surface area contributed by atoms with Gasteiger partial charge in [0.15, 0.2) is 0 Å². The molecule has 1 aromatic rings. The fourth-order valence-corrected chi connectivity index (χ4v) is 1.75. The van der Waals surface area contributed by atoms with Crippen LogP contribution in [0.25, 0.3) is 0 Å². The average Bonchev–Trinajstić information content (AvgIpc) is 2.15. The molecule has 0 radical (unpaired) electrons. The van der Waals surface area contributed by atoms with E-state index in [0.29, 0.717) is 0 Å². The maximum absolute atomic E-state index is 11.7. The molecule has 1 rings (SSSR count). The molecule has 3 nitrogen and oxygen atoms in total. The predicted octanol–water partition coefficient (Wildman–Crippen LogP) is 2.79. The number of benzene rings is 1. The molecule has 16 heavy (non-hydrogen) atoms. The van der Waals surface area contributed by atoms with Crippen molar-refractivity contribution >= 4 is 21.9 Å². The van der Waals surface area contributed by atoms with E-state index in [0.717, 1.165) is 10.0 Å². The van der Waals surface area contributed by atoms with Gasteiger partial charge in [0.2, 0.25) is 0 Å². The molecule has 0 bridgehead atoms. The molecule has 4 heteroatoms. The summed E-state index contributed by atoms with van der Waals surface area (Å²) in [5, 5.41) is 0. The zero-order valence-electron chi connectivity index (χ0n) is 9.66. The fourth-order valence-electron chi connectivity index (χ4n) is 1.22. The Morgan fingerprint density at radius 2 is 1.94 bits per heavy atom. The summed E-state index contributed by atoms with van der Waals surface area (Å²) >= 11 is 3.36. The molecule has 0 aliphatic rings. The Labute approximate surface area is 104 Å². The molecule has 0 aromatic heterocycles. The van der Waals surface area contributed by atoms with Crippen LogP contribution in [0.4, 0.5) is 0 Å². The minimum Gasteiger partial charge on any atom is -0.459 e. The van der Waals surface area contributed by atoms with Crippen molar-refractivity contribution in [2.45, 2.75) is 32.4 Å². The van der Waals surface area contributed by atoms with E-state index in [9.17, 15) is 4.79 Å². The Morgan fingerprint density at radius 3 is 2.44 bits per heavy atom. The van der Waals surface area contributed by atoms with E-state index in [1.165, 1.54) is 0 Å². The topological polar surface area (TPSA) is 52.3 Å². The van der Waals surface area contributed by atoms with Gasteiger partial charge in [0.05, 0.1) is 0 Å². The van der Waals surface area contributed by atoms with E-state index in [1.807, 2.05) is 39.0 Å². The standard InChI is InChI=1S/C12H16BrNO2/c1-12(2,3)16-11(15)10(14)8-6-4-5-7-9(8)13/h4-7,10H,14H2,1-3H3. The van der Waals surface area contributed by atoms with Crippen molar-refractivity contribution in [3.05, 3.63) is 34.3 Å². The van der Waals surface area contributed by atoms with Crippen LogP contribution in [0.3, 0.4) is 0 Å². The molecule has 0 aliphatic heterocycles. The Bertz CT molecular complexity index is 385. The molecule has 1 atom stereocenters. The summed E-state index contributed by atoms with van der Waals surface area (Å²) in [5.41, 5.74) is 6.06. The predicted molar refractivity (Wildman–Crippen MR) is 66.9 cm³/mol. The summed E-state index contributed by atoms with van der Waals surface area (Å²) in [7, 11) is 0. The summed E-state index contributed by atoms with van der Waals surface area (Å²) in [6, 6.07) is 6.60. The number of carbonyl (C=O) groups excluding carboxylic acids is 1. The first-order valence-corrected chi connectivity index (χ1v) is 5.83. The zero-order chi connectivity index (χ0) is 12.3. The third-order valence-electron chi connectivity index (χ3n) is 1.90. The first-order chi connectivity index (χ1) is 7.31. The first kappa shape index (κ1) is 13.2. The Morgan fingerprint density at radius 1 is 1.38 bits per heavy atom. The summed E-state index contributed by atoms with van der Waals surface area (Å²) in [6.07, 6.45) is 0. The number of nitrogens with two attached hydrogens (primary N) is 1. The molecule has 0 saturated carbocycles. The van der Waals surface area contributed by atoms with Crippen molar-refractivity contribution in [2.75, 3.05) is 0 Å². The van der Waals surface area contributed by atoms with Gasteiger partial charge < -0.3 is 10.5 Å². The van der Waals surface area contributed by atoms with Crippen LogP contribution in [0.15, 0.2) is 28.7 Å². The van der Waals surface area contributed by atoms with Gasteiger partial charge in [0.1, 0.15) is 11.6 Å². The number of carbonyl (C=O) groups is 1. The quantitative estimate of drug-likeness (QED) is 0.850. The summed E-state index contributed by atoms with van der Waals surface area (Å²) < 4.78 is 6.04. The van der Waals surface area contributed by atoms with E-state index in [1.54, 1.807) is 6.07 Å². The Hall–Kier alpha value is -0.870. The lowest BCUT2D eigenvalue weighted by atomic mass is 10.1.